The normalized spacial score (nSPS) is 16.5. The molecule has 1 heterocycles. The van der Waals surface area contributed by atoms with Crippen molar-refractivity contribution in [3.8, 4) is 0 Å². The van der Waals surface area contributed by atoms with Gasteiger partial charge in [0, 0.05) is 31.7 Å². The third kappa shape index (κ3) is 3.68. The summed E-state index contributed by atoms with van der Waals surface area (Å²) < 4.78 is 14.0. The van der Waals surface area contributed by atoms with E-state index in [0.717, 1.165) is 18.9 Å². The maximum absolute atomic E-state index is 14.0. The van der Waals surface area contributed by atoms with Crippen LogP contribution in [0.25, 0.3) is 0 Å². The molecule has 0 spiro atoms. The SMILES string of the molecule is CN(CCO)C1CCN(c2ccc([N+](=O)[O-])cc2F)CC1. The van der Waals surface area contributed by atoms with Gasteiger partial charge in [0.15, 0.2) is 5.82 Å². The summed E-state index contributed by atoms with van der Waals surface area (Å²) in [6.07, 6.45) is 1.76. The highest BCUT2D eigenvalue weighted by Crippen LogP contribution is 2.27. The molecular formula is C14H20FN3O3. The van der Waals surface area contributed by atoms with Gasteiger partial charge in [0.05, 0.1) is 23.3 Å². The van der Waals surface area contributed by atoms with Crippen LogP contribution in [-0.2, 0) is 0 Å². The second-order valence-corrected chi connectivity index (χ2v) is 5.32. The van der Waals surface area contributed by atoms with Gasteiger partial charge in [-0.15, -0.1) is 0 Å². The predicted molar refractivity (Wildman–Crippen MR) is 78.0 cm³/mol. The summed E-state index contributed by atoms with van der Waals surface area (Å²) in [5, 5.41) is 19.6. The molecule has 1 N–H and O–H groups in total. The fraction of sp³-hybridized carbons (Fsp3) is 0.571. The first kappa shape index (κ1) is 15.7. The van der Waals surface area contributed by atoms with Crippen molar-refractivity contribution in [2.45, 2.75) is 18.9 Å². The Balaban J connectivity index is 2.00. The van der Waals surface area contributed by atoms with Crippen LogP contribution in [0.3, 0.4) is 0 Å². The van der Waals surface area contributed by atoms with Gasteiger partial charge in [-0.05, 0) is 26.0 Å². The lowest BCUT2D eigenvalue weighted by molar-refractivity contribution is -0.385. The van der Waals surface area contributed by atoms with Gasteiger partial charge in [0.1, 0.15) is 0 Å². The van der Waals surface area contributed by atoms with Gasteiger partial charge in [-0.3, -0.25) is 10.1 Å². The number of aliphatic hydroxyl groups is 1. The maximum atomic E-state index is 14.0. The van der Waals surface area contributed by atoms with Crippen LogP contribution >= 0.6 is 0 Å². The number of nitro groups is 1. The molecule has 0 bridgehead atoms. The van der Waals surface area contributed by atoms with Gasteiger partial charge in [0.25, 0.3) is 5.69 Å². The molecule has 0 atom stereocenters. The lowest BCUT2D eigenvalue weighted by atomic mass is 10.0. The van der Waals surface area contributed by atoms with Gasteiger partial charge in [-0.25, -0.2) is 4.39 Å². The molecule has 2 rings (SSSR count). The summed E-state index contributed by atoms with van der Waals surface area (Å²) in [6, 6.07) is 4.17. The number of aliphatic hydroxyl groups excluding tert-OH is 1. The van der Waals surface area contributed by atoms with Crippen LogP contribution in [0.1, 0.15) is 12.8 Å². The average Bonchev–Trinajstić information content (AvgIpc) is 2.47. The van der Waals surface area contributed by atoms with Crippen LogP contribution < -0.4 is 4.90 Å². The number of benzene rings is 1. The molecule has 0 radical (unpaired) electrons. The molecule has 1 aliphatic heterocycles. The molecule has 1 fully saturated rings. The lowest BCUT2D eigenvalue weighted by Gasteiger charge is -2.37. The molecule has 0 aliphatic carbocycles. The quantitative estimate of drug-likeness (QED) is 0.661. The van der Waals surface area contributed by atoms with Crippen molar-refractivity contribution >= 4 is 11.4 Å². The van der Waals surface area contributed by atoms with Crippen molar-refractivity contribution in [1.29, 1.82) is 0 Å². The Labute approximate surface area is 122 Å². The Bertz CT molecular complexity index is 504. The van der Waals surface area contributed by atoms with E-state index in [0.29, 0.717) is 31.4 Å². The molecule has 1 aliphatic rings. The minimum atomic E-state index is -0.594. The molecular weight excluding hydrogens is 277 g/mol. The number of likely N-dealkylation sites (N-methyl/N-ethyl adjacent to an activating group) is 1. The average molecular weight is 297 g/mol. The van der Waals surface area contributed by atoms with E-state index in [1.165, 1.54) is 12.1 Å². The topological polar surface area (TPSA) is 69.8 Å². The second-order valence-electron chi connectivity index (χ2n) is 5.32. The minimum absolute atomic E-state index is 0.133. The molecule has 116 valence electrons. The molecule has 7 heteroatoms. The Hall–Kier alpha value is -1.73. The smallest absolute Gasteiger partial charge is 0.272 e. The van der Waals surface area contributed by atoms with Crippen molar-refractivity contribution in [1.82, 2.24) is 4.90 Å². The van der Waals surface area contributed by atoms with Gasteiger partial charge >= 0.3 is 0 Å². The third-order valence-corrected chi connectivity index (χ3v) is 4.02. The second kappa shape index (κ2) is 6.82. The Morgan fingerprint density at radius 1 is 1.48 bits per heavy atom. The standard InChI is InChI=1S/C14H20FN3O3/c1-16(8-9-19)11-4-6-17(7-5-11)14-3-2-12(18(20)21)10-13(14)15/h2-3,10-11,19H,4-9H2,1H3. The zero-order valence-corrected chi connectivity index (χ0v) is 12.0. The first-order chi connectivity index (χ1) is 10.0. The molecule has 6 nitrogen and oxygen atoms in total. The number of rotatable bonds is 5. The molecule has 0 unspecified atom stereocenters. The zero-order chi connectivity index (χ0) is 15.4. The van der Waals surface area contributed by atoms with Gasteiger partial charge < -0.3 is 14.9 Å². The van der Waals surface area contributed by atoms with Crippen LogP contribution in [0, 0.1) is 15.9 Å². The van der Waals surface area contributed by atoms with Crippen molar-refractivity contribution in [3.05, 3.63) is 34.1 Å². The molecule has 0 amide bonds. The number of piperidine rings is 1. The summed E-state index contributed by atoms with van der Waals surface area (Å²) in [6.45, 7) is 2.18. The summed E-state index contributed by atoms with van der Waals surface area (Å²) in [4.78, 5) is 14.1. The van der Waals surface area contributed by atoms with E-state index in [9.17, 15) is 14.5 Å². The fourth-order valence-electron chi connectivity index (χ4n) is 2.75. The van der Waals surface area contributed by atoms with E-state index in [1.807, 2.05) is 11.9 Å². The summed E-state index contributed by atoms with van der Waals surface area (Å²) in [5.74, 6) is -0.550. The monoisotopic (exact) mass is 297 g/mol. The number of hydrogen-bond donors (Lipinski definition) is 1. The lowest BCUT2D eigenvalue weighted by Crippen LogP contribution is -2.44. The largest absolute Gasteiger partial charge is 0.395 e. The summed E-state index contributed by atoms with van der Waals surface area (Å²) in [7, 11) is 1.98. The number of halogens is 1. The van der Waals surface area contributed by atoms with E-state index < -0.39 is 10.7 Å². The number of non-ortho nitro benzene ring substituents is 1. The van der Waals surface area contributed by atoms with Crippen molar-refractivity contribution in [2.75, 3.05) is 38.2 Å². The van der Waals surface area contributed by atoms with E-state index in [-0.39, 0.29) is 12.3 Å². The van der Waals surface area contributed by atoms with Gasteiger partial charge in [-0.1, -0.05) is 0 Å². The Kier molecular flexibility index (Phi) is 5.08. The first-order valence-electron chi connectivity index (χ1n) is 7.03. The number of nitro benzene ring substituents is 1. The van der Waals surface area contributed by atoms with Gasteiger partial charge in [0.2, 0.25) is 0 Å². The van der Waals surface area contributed by atoms with E-state index in [2.05, 4.69) is 4.90 Å². The zero-order valence-electron chi connectivity index (χ0n) is 12.0. The highest BCUT2D eigenvalue weighted by atomic mass is 19.1. The van der Waals surface area contributed by atoms with E-state index in [4.69, 9.17) is 5.11 Å². The van der Waals surface area contributed by atoms with Crippen molar-refractivity contribution < 1.29 is 14.4 Å². The molecule has 21 heavy (non-hydrogen) atoms. The molecule has 0 saturated carbocycles. The Morgan fingerprint density at radius 2 is 2.14 bits per heavy atom. The van der Waals surface area contributed by atoms with Crippen LogP contribution in [0.5, 0.6) is 0 Å². The highest BCUT2D eigenvalue weighted by Gasteiger charge is 2.24. The highest BCUT2D eigenvalue weighted by molar-refractivity contribution is 5.52. The van der Waals surface area contributed by atoms with Crippen molar-refractivity contribution in [3.63, 3.8) is 0 Å². The first-order valence-corrected chi connectivity index (χ1v) is 7.03. The van der Waals surface area contributed by atoms with Crippen LogP contribution in [0.2, 0.25) is 0 Å². The summed E-state index contributed by atoms with van der Waals surface area (Å²) in [5.41, 5.74) is 0.192. The number of hydrogen-bond acceptors (Lipinski definition) is 5. The van der Waals surface area contributed by atoms with Gasteiger partial charge in [-0.2, -0.15) is 0 Å². The molecule has 1 aromatic rings. The fourth-order valence-corrected chi connectivity index (χ4v) is 2.75. The molecule has 1 saturated heterocycles. The number of anilines is 1. The molecule has 0 aromatic heterocycles. The third-order valence-electron chi connectivity index (χ3n) is 4.02. The van der Waals surface area contributed by atoms with E-state index >= 15 is 0 Å². The maximum Gasteiger partial charge on any atom is 0.272 e. The molecule has 1 aromatic carbocycles. The summed E-state index contributed by atoms with van der Waals surface area (Å²) >= 11 is 0. The van der Waals surface area contributed by atoms with Crippen LogP contribution in [0.4, 0.5) is 15.8 Å². The number of nitrogens with zero attached hydrogens (tertiary/aromatic N) is 3. The van der Waals surface area contributed by atoms with Crippen LogP contribution in [0.15, 0.2) is 18.2 Å². The minimum Gasteiger partial charge on any atom is -0.395 e. The van der Waals surface area contributed by atoms with Crippen LogP contribution in [-0.4, -0.2) is 54.3 Å². The predicted octanol–water partition coefficient (Wildman–Crippen LogP) is 1.63. The van der Waals surface area contributed by atoms with E-state index in [1.54, 1.807) is 0 Å². The Morgan fingerprint density at radius 3 is 2.67 bits per heavy atom. The van der Waals surface area contributed by atoms with Crippen molar-refractivity contribution in [2.24, 2.45) is 0 Å².